The van der Waals surface area contributed by atoms with Crippen molar-refractivity contribution in [2.24, 2.45) is 5.41 Å². The summed E-state index contributed by atoms with van der Waals surface area (Å²) in [6, 6.07) is 7.53. The van der Waals surface area contributed by atoms with Crippen LogP contribution in [-0.4, -0.2) is 41.1 Å². The zero-order chi connectivity index (χ0) is 16.4. The minimum atomic E-state index is -0.874. The van der Waals surface area contributed by atoms with E-state index in [1.54, 1.807) is 0 Å². The molecule has 1 heterocycles. The van der Waals surface area contributed by atoms with Gasteiger partial charge in [-0.05, 0) is 31.9 Å². The summed E-state index contributed by atoms with van der Waals surface area (Å²) < 4.78 is 5.52. The number of aryl methyl sites for hydroxylation is 1. The van der Waals surface area contributed by atoms with Crippen LogP contribution in [0.2, 0.25) is 0 Å². The van der Waals surface area contributed by atoms with Crippen molar-refractivity contribution in [1.29, 1.82) is 0 Å². The van der Waals surface area contributed by atoms with Gasteiger partial charge < -0.3 is 9.84 Å². The van der Waals surface area contributed by atoms with Crippen molar-refractivity contribution in [2.75, 3.05) is 13.2 Å². The van der Waals surface area contributed by atoms with E-state index in [1.165, 1.54) is 4.90 Å². The van der Waals surface area contributed by atoms with Gasteiger partial charge in [0.2, 0.25) is 11.8 Å². The predicted octanol–water partition coefficient (Wildman–Crippen LogP) is 2.05. The van der Waals surface area contributed by atoms with Crippen LogP contribution in [0.25, 0.3) is 0 Å². The summed E-state index contributed by atoms with van der Waals surface area (Å²) in [6.45, 7) is 2.07. The van der Waals surface area contributed by atoms with E-state index >= 15 is 0 Å². The highest BCUT2D eigenvalue weighted by Crippen LogP contribution is 2.46. The molecule has 1 saturated heterocycles. The molecule has 0 unspecified atom stereocenters. The molecule has 1 saturated carbocycles. The Morgan fingerprint density at radius 3 is 2.52 bits per heavy atom. The molecule has 0 aromatic heterocycles. The van der Waals surface area contributed by atoms with Gasteiger partial charge in [0.25, 0.3) is 0 Å². The standard InChI is InChI=1S/C18H23NO4/c1-13-4-6-15(7-5-13)23-12-14(20)11-19-16(21)10-18(17(19)22)8-2-3-9-18/h4-7,14,20H,2-3,8-12H2,1H3/t14-/m1/s1. The fourth-order valence-corrected chi connectivity index (χ4v) is 3.58. The minimum absolute atomic E-state index is 0.0191. The number of imide groups is 1. The Morgan fingerprint density at radius 1 is 1.22 bits per heavy atom. The lowest BCUT2D eigenvalue weighted by molar-refractivity contribution is -0.143. The first-order valence-corrected chi connectivity index (χ1v) is 8.22. The Hall–Kier alpha value is -1.88. The lowest BCUT2D eigenvalue weighted by Gasteiger charge is -2.22. The Labute approximate surface area is 136 Å². The topological polar surface area (TPSA) is 66.8 Å². The quantitative estimate of drug-likeness (QED) is 0.844. The SMILES string of the molecule is Cc1ccc(OC[C@H](O)CN2C(=O)CC3(CCCC3)C2=O)cc1. The van der Waals surface area contributed by atoms with Gasteiger partial charge in [0, 0.05) is 6.42 Å². The van der Waals surface area contributed by atoms with Gasteiger partial charge in [-0.15, -0.1) is 0 Å². The van der Waals surface area contributed by atoms with Gasteiger partial charge >= 0.3 is 0 Å². The zero-order valence-corrected chi connectivity index (χ0v) is 13.5. The Balaban J connectivity index is 1.55. The van der Waals surface area contributed by atoms with Crippen molar-refractivity contribution in [3.63, 3.8) is 0 Å². The highest BCUT2D eigenvalue weighted by Gasteiger charge is 2.52. The number of carbonyl (C=O) groups is 2. The zero-order valence-electron chi connectivity index (χ0n) is 13.5. The van der Waals surface area contributed by atoms with E-state index < -0.39 is 11.5 Å². The Bertz CT molecular complexity index is 590. The highest BCUT2D eigenvalue weighted by atomic mass is 16.5. The lowest BCUT2D eigenvalue weighted by atomic mass is 9.84. The van der Waals surface area contributed by atoms with Gasteiger partial charge in [0.05, 0.1) is 12.0 Å². The highest BCUT2D eigenvalue weighted by molar-refractivity contribution is 6.06. The molecule has 1 aliphatic heterocycles. The summed E-state index contributed by atoms with van der Waals surface area (Å²) in [5, 5.41) is 10.1. The first kappa shape index (κ1) is 16.0. The van der Waals surface area contributed by atoms with Crippen molar-refractivity contribution in [2.45, 2.75) is 45.1 Å². The molecule has 1 spiro atoms. The van der Waals surface area contributed by atoms with Crippen LogP contribution < -0.4 is 4.74 Å². The summed E-state index contributed by atoms with van der Waals surface area (Å²) >= 11 is 0. The number of hydrogen-bond acceptors (Lipinski definition) is 4. The van der Waals surface area contributed by atoms with Crippen LogP contribution in [0, 0.1) is 12.3 Å². The third-order valence-corrected chi connectivity index (χ3v) is 4.91. The average molecular weight is 317 g/mol. The number of amides is 2. The largest absolute Gasteiger partial charge is 0.491 e. The molecule has 2 fully saturated rings. The molecule has 1 aromatic rings. The van der Waals surface area contributed by atoms with Crippen LogP contribution in [0.5, 0.6) is 5.75 Å². The second-order valence-electron chi connectivity index (χ2n) is 6.75. The molecule has 5 heteroatoms. The van der Waals surface area contributed by atoms with E-state index in [0.29, 0.717) is 12.2 Å². The second kappa shape index (κ2) is 6.32. The van der Waals surface area contributed by atoms with Crippen LogP contribution in [-0.2, 0) is 9.59 Å². The number of likely N-dealkylation sites (tertiary alicyclic amines) is 1. The third-order valence-electron chi connectivity index (χ3n) is 4.91. The first-order valence-electron chi connectivity index (χ1n) is 8.22. The molecule has 124 valence electrons. The van der Waals surface area contributed by atoms with Gasteiger partial charge in [0.1, 0.15) is 18.5 Å². The summed E-state index contributed by atoms with van der Waals surface area (Å²) in [6.07, 6.45) is 3.03. The van der Waals surface area contributed by atoms with Crippen molar-refractivity contribution < 1.29 is 19.4 Å². The van der Waals surface area contributed by atoms with Gasteiger partial charge in [-0.1, -0.05) is 30.5 Å². The van der Waals surface area contributed by atoms with Crippen molar-refractivity contribution >= 4 is 11.8 Å². The number of β-amino-alcohol motifs (C(OH)–C–C–N with tert-alkyl or cyclic N) is 1. The molecular formula is C18H23NO4. The molecule has 5 nitrogen and oxygen atoms in total. The molecule has 1 aromatic carbocycles. The number of aliphatic hydroxyl groups excluding tert-OH is 1. The second-order valence-corrected chi connectivity index (χ2v) is 6.75. The number of nitrogens with zero attached hydrogens (tertiary/aromatic N) is 1. The lowest BCUT2D eigenvalue weighted by Crippen LogP contribution is -2.41. The van der Waals surface area contributed by atoms with Gasteiger partial charge in [-0.3, -0.25) is 14.5 Å². The Kier molecular flexibility index (Phi) is 4.39. The van der Waals surface area contributed by atoms with Crippen molar-refractivity contribution in [3.05, 3.63) is 29.8 Å². The molecule has 23 heavy (non-hydrogen) atoms. The molecule has 2 aliphatic rings. The molecule has 3 rings (SSSR count). The monoisotopic (exact) mass is 317 g/mol. The number of carbonyl (C=O) groups excluding carboxylic acids is 2. The normalized spacial score (nSPS) is 21.2. The molecule has 2 amide bonds. The summed E-state index contributed by atoms with van der Waals surface area (Å²) in [7, 11) is 0. The van der Waals surface area contributed by atoms with Crippen LogP contribution in [0.3, 0.4) is 0 Å². The van der Waals surface area contributed by atoms with E-state index in [1.807, 2.05) is 31.2 Å². The summed E-state index contributed by atoms with van der Waals surface area (Å²) in [5.74, 6) is 0.404. The molecular weight excluding hydrogens is 294 g/mol. The van der Waals surface area contributed by atoms with Gasteiger partial charge in [-0.2, -0.15) is 0 Å². The van der Waals surface area contributed by atoms with Crippen molar-refractivity contribution in [3.8, 4) is 5.75 Å². The first-order chi connectivity index (χ1) is 11.0. The van der Waals surface area contributed by atoms with E-state index in [2.05, 4.69) is 0 Å². The number of benzene rings is 1. The molecule has 1 atom stereocenters. The average Bonchev–Trinajstić information content (AvgIpc) is 3.08. The minimum Gasteiger partial charge on any atom is -0.491 e. The predicted molar refractivity (Wildman–Crippen MR) is 84.9 cm³/mol. The van der Waals surface area contributed by atoms with Crippen LogP contribution in [0.15, 0.2) is 24.3 Å². The van der Waals surface area contributed by atoms with E-state index in [4.69, 9.17) is 4.74 Å². The van der Waals surface area contributed by atoms with Crippen LogP contribution in [0.4, 0.5) is 0 Å². The third kappa shape index (κ3) is 3.24. The summed E-state index contributed by atoms with van der Waals surface area (Å²) in [4.78, 5) is 25.9. The smallest absolute Gasteiger partial charge is 0.235 e. The molecule has 1 N–H and O–H groups in total. The summed E-state index contributed by atoms with van der Waals surface area (Å²) in [5.41, 5.74) is 0.655. The number of aliphatic hydroxyl groups is 1. The van der Waals surface area contributed by atoms with Crippen molar-refractivity contribution in [1.82, 2.24) is 4.90 Å². The number of ether oxygens (including phenoxy) is 1. The fraction of sp³-hybridized carbons (Fsp3) is 0.556. The number of rotatable bonds is 5. The van der Waals surface area contributed by atoms with Crippen LogP contribution in [0.1, 0.15) is 37.7 Å². The molecule has 0 bridgehead atoms. The van der Waals surface area contributed by atoms with E-state index in [0.717, 1.165) is 31.2 Å². The van der Waals surface area contributed by atoms with E-state index in [9.17, 15) is 14.7 Å². The fourth-order valence-electron chi connectivity index (χ4n) is 3.58. The maximum absolute atomic E-state index is 12.5. The molecule has 0 radical (unpaired) electrons. The molecule has 1 aliphatic carbocycles. The maximum Gasteiger partial charge on any atom is 0.235 e. The van der Waals surface area contributed by atoms with E-state index in [-0.39, 0.29) is 25.0 Å². The number of hydrogen-bond donors (Lipinski definition) is 1. The van der Waals surface area contributed by atoms with Gasteiger partial charge in [0.15, 0.2) is 0 Å². The van der Waals surface area contributed by atoms with Crippen LogP contribution >= 0.6 is 0 Å². The Morgan fingerprint density at radius 2 is 1.87 bits per heavy atom. The maximum atomic E-state index is 12.5. The van der Waals surface area contributed by atoms with Gasteiger partial charge in [-0.25, -0.2) is 0 Å².